The molecule has 0 amide bonds. The van der Waals surface area contributed by atoms with E-state index in [2.05, 4.69) is 54.9 Å². The zero-order chi connectivity index (χ0) is 13.0. The Morgan fingerprint density at radius 1 is 1.28 bits per heavy atom. The van der Waals surface area contributed by atoms with Crippen molar-refractivity contribution in [2.45, 2.75) is 24.1 Å². The molecule has 0 bridgehead atoms. The molecule has 96 valence electrons. The maximum Gasteiger partial charge on any atom is 0.0599 e. The van der Waals surface area contributed by atoms with Crippen molar-refractivity contribution in [2.24, 2.45) is 0 Å². The van der Waals surface area contributed by atoms with Crippen molar-refractivity contribution in [2.75, 3.05) is 12.8 Å². The first-order chi connectivity index (χ1) is 8.70. The normalized spacial score (nSPS) is 12.6. The summed E-state index contributed by atoms with van der Waals surface area (Å²) >= 11 is 3.74. The minimum absolute atomic E-state index is 0.415. The second kappa shape index (κ2) is 6.41. The lowest BCUT2D eigenvalue weighted by Gasteiger charge is -2.18. The molecule has 1 N–H and O–H groups in total. The summed E-state index contributed by atoms with van der Waals surface area (Å²) in [6, 6.07) is 11.4. The van der Waals surface area contributed by atoms with Gasteiger partial charge < -0.3 is 5.32 Å². The molecule has 2 aromatic rings. The zero-order valence-electron chi connectivity index (χ0n) is 11.1. The smallest absolute Gasteiger partial charge is 0.0599 e. The summed E-state index contributed by atoms with van der Waals surface area (Å²) in [6.45, 7) is 4.34. The topological polar surface area (TPSA) is 12.0 Å². The first-order valence-electron chi connectivity index (χ1n) is 6.11. The van der Waals surface area contributed by atoms with Crippen LogP contribution >= 0.6 is 23.1 Å². The second-order valence-electron chi connectivity index (χ2n) is 4.44. The van der Waals surface area contributed by atoms with Gasteiger partial charge in [-0.3, -0.25) is 0 Å². The fourth-order valence-electron chi connectivity index (χ4n) is 2.06. The van der Waals surface area contributed by atoms with E-state index in [1.807, 2.05) is 30.1 Å². The zero-order valence-corrected chi connectivity index (χ0v) is 12.7. The third kappa shape index (κ3) is 3.37. The highest BCUT2D eigenvalue weighted by Gasteiger charge is 2.12. The Morgan fingerprint density at radius 3 is 2.72 bits per heavy atom. The lowest BCUT2D eigenvalue weighted by molar-refractivity contribution is 0.658. The van der Waals surface area contributed by atoms with Gasteiger partial charge in [-0.05, 0) is 43.5 Å². The summed E-state index contributed by atoms with van der Waals surface area (Å²) in [5.74, 6) is 1.07. The van der Waals surface area contributed by atoms with Crippen LogP contribution in [0.5, 0.6) is 0 Å². The number of aryl methyl sites for hydroxylation is 2. The van der Waals surface area contributed by atoms with Gasteiger partial charge in [-0.25, -0.2) is 0 Å². The molecular formula is C15H19NS2. The van der Waals surface area contributed by atoms with E-state index in [0.29, 0.717) is 6.04 Å². The summed E-state index contributed by atoms with van der Waals surface area (Å²) in [5, 5.41) is 5.56. The van der Waals surface area contributed by atoms with Gasteiger partial charge in [0.05, 0.1) is 4.21 Å². The Kier molecular flexibility index (Phi) is 4.87. The average Bonchev–Trinajstić information content (AvgIpc) is 2.85. The SMILES string of the molecule is CNC(CSc1cccs1)c1ccc(C)cc1C. The highest BCUT2D eigenvalue weighted by atomic mass is 32.2. The number of hydrogen-bond donors (Lipinski definition) is 1. The first kappa shape index (κ1) is 13.7. The van der Waals surface area contributed by atoms with Gasteiger partial charge in [-0.15, -0.1) is 23.1 Å². The van der Waals surface area contributed by atoms with Crippen LogP contribution in [0.1, 0.15) is 22.7 Å². The summed E-state index contributed by atoms with van der Waals surface area (Å²) in [4.78, 5) is 0. The molecule has 0 saturated carbocycles. The highest BCUT2D eigenvalue weighted by molar-refractivity contribution is 8.01. The van der Waals surface area contributed by atoms with Crippen LogP contribution in [-0.4, -0.2) is 12.8 Å². The van der Waals surface area contributed by atoms with Gasteiger partial charge in [0.25, 0.3) is 0 Å². The van der Waals surface area contributed by atoms with Gasteiger partial charge in [-0.2, -0.15) is 0 Å². The van der Waals surface area contributed by atoms with Crippen LogP contribution in [0.4, 0.5) is 0 Å². The van der Waals surface area contributed by atoms with Gasteiger partial charge >= 0.3 is 0 Å². The van der Waals surface area contributed by atoms with E-state index >= 15 is 0 Å². The van der Waals surface area contributed by atoms with Crippen LogP contribution in [0.25, 0.3) is 0 Å². The first-order valence-corrected chi connectivity index (χ1v) is 7.98. The molecule has 0 aliphatic rings. The van der Waals surface area contributed by atoms with E-state index in [9.17, 15) is 0 Å². The van der Waals surface area contributed by atoms with Crippen molar-refractivity contribution in [3.8, 4) is 0 Å². The van der Waals surface area contributed by atoms with E-state index in [0.717, 1.165) is 5.75 Å². The fraction of sp³-hybridized carbons (Fsp3) is 0.333. The van der Waals surface area contributed by atoms with E-state index in [1.54, 1.807) is 0 Å². The number of thiophene rings is 1. The van der Waals surface area contributed by atoms with Crippen molar-refractivity contribution in [1.29, 1.82) is 0 Å². The minimum atomic E-state index is 0.415. The third-order valence-corrected chi connectivity index (χ3v) is 5.26. The van der Waals surface area contributed by atoms with Crippen molar-refractivity contribution in [3.05, 3.63) is 52.4 Å². The molecule has 1 nitrogen and oxygen atoms in total. The molecule has 0 saturated heterocycles. The maximum atomic E-state index is 3.42. The number of rotatable bonds is 5. The average molecular weight is 277 g/mol. The summed E-state index contributed by atoms with van der Waals surface area (Å²) in [6.07, 6.45) is 0. The molecule has 0 aliphatic carbocycles. The van der Waals surface area contributed by atoms with Crippen LogP contribution in [0.3, 0.4) is 0 Å². The Hall–Kier alpha value is -0.770. The van der Waals surface area contributed by atoms with Crippen molar-refractivity contribution >= 4 is 23.1 Å². The van der Waals surface area contributed by atoms with E-state index in [-0.39, 0.29) is 0 Å². The third-order valence-electron chi connectivity index (χ3n) is 3.04. The second-order valence-corrected chi connectivity index (χ2v) is 6.71. The van der Waals surface area contributed by atoms with E-state index in [1.165, 1.54) is 20.9 Å². The molecular weight excluding hydrogens is 258 g/mol. The fourth-order valence-corrected chi connectivity index (χ4v) is 4.00. The predicted octanol–water partition coefficient (Wildman–Crippen LogP) is 4.42. The van der Waals surface area contributed by atoms with Gasteiger partial charge in [0, 0.05) is 11.8 Å². The van der Waals surface area contributed by atoms with Crippen molar-refractivity contribution in [1.82, 2.24) is 5.32 Å². The molecule has 0 radical (unpaired) electrons. The highest BCUT2D eigenvalue weighted by Crippen LogP contribution is 2.29. The molecule has 1 heterocycles. The van der Waals surface area contributed by atoms with Crippen LogP contribution in [-0.2, 0) is 0 Å². The molecule has 3 heteroatoms. The van der Waals surface area contributed by atoms with Crippen LogP contribution in [0, 0.1) is 13.8 Å². The van der Waals surface area contributed by atoms with Crippen molar-refractivity contribution in [3.63, 3.8) is 0 Å². The monoisotopic (exact) mass is 277 g/mol. The molecule has 2 rings (SSSR count). The van der Waals surface area contributed by atoms with Crippen molar-refractivity contribution < 1.29 is 0 Å². The van der Waals surface area contributed by atoms with E-state index in [4.69, 9.17) is 0 Å². The number of benzene rings is 1. The Morgan fingerprint density at radius 2 is 2.11 bits per heavy atom. The predicted molar refractivity (Wildman–Crippen MR) is 82.8 cm³/mol. The molecule has 18 heavy (non-hydrogen) atoms. The Balaban J connectivity index is 2.08. The Labute approximate surface area is 118 Å². The van der Waals surface area contributed by atoms with Crippen LogP contribution in [0.15, 0.2) is 39.9 Å². The van der Waals surface area contributed by atoms with Gasteiger partial charge in [0.2, 0.25) is 0 Å². The van der Waals surface area contributed by atoms with Crippen LogP contribution < -0.4 is 5.32 Å². The van der Waals surface area contributed by atoms with Crippen LogP contribution in [0.2, 0.25) is 0 Å². The molecule has 0 fully saturated rings. The lowest BCUT2D eigenvalue weighted by Crippen LogP contribution is -2.19. The molecule has 1 aromatic carbocycles. The largest absolute Gasteiger partial charge is 0.312 e. The van der Waals surface area contributed by atoms with Gasteiger partial charge in [0.15, 0.2) is 0 Å². The summed E-state index contributed by atoms with van der Waals surface area (Å²) < 4.78 is 1.39. The molecule has 1 unspecified atom stereocenters. The van der Waals surface area contributed by atoms with Gasteiger partial charge in [0.1, 0.15) is 0 Å². The summed E-state index contributed by atoms with van der Waals surface area (Å²) in [7, 11) is 2.04. The number of thioether (sulfide) groups is 1. The summed E-state index contributed by atoms with van der Waals surface area (Å²) in [5.41, 5.74) is 4.12. The quantitative estimate of drug-likeness (QED) is 0.812. The molecule has 1 atom stereocenters. The lowest BCUT2D eigenvalue weighted by atomic mass is 10.0. The number of hydrogen-bond acceptors (Lipinski definition) is 3. The minimum Gasteiger partial charge on any atom is -0.312 e. The maximum absolute atomic E-state index is 3.42. The molecule has 1 aromatic heterocycles. The molecule has 0 aliphatic heterocycles. The standard InChI is InChI=1S/C15H19NS2/c1-11-6-7-13(12(2)9-11)14(16-3)10-18-15-5-4-8-17-15/h4-9,14,16H,10H2,1-3H3. The number of nitrogens with one attached hydrogen (secondary N) is 1. The Bertz CT molecular complexity index is 491. The van der Waals surface area contributed by atoms with E-state index < -0.39 is 0 Å². The van der Waals surface area contributed by atoms with Gasteiger partial charge in [-0.1, -0.05) is 29.8 Å². The molecule has 0 spiro atoms.